The van der Waals surface area contributed by atoms with Gasteiger partial charge in [-0.25, -0.2) is 0 Å². The Morgan fingerprint density at radius 2 is 2.30 bits per heavy atom. The van der Waals surface area contributed by atoms with Crippen LogP contribution in [0.25, 0.3) is 0 Å². The summed E-state index contributed by atoms with van der Waals surface area (Å²) in [5.41, 5.74) is 3.19. The lowest BCUT2D eigenvalue weighted by Crippen LogP contribution is -1.79. The molecule has 0 rings (SSSR count). The highest BCUT2D eigenvalue weighted by Crippen LogP contribution is 1.99. The van der Waals surface area contributed by atoms with Crippen molar-refractivity contribution in [2.45, 2.75) is 27.2 Å². The van der Waals surface area contributed by atoms with Crippen molar-refractivity contribution < 1.29 is 0 Å². The summed E-state index contributed by atoms with van der Waals surface area (Å²) in [5, 5.41) is 2.71. The fourth-order valence-electron chi connectivity index (χ4n) is 0.469. The molecule has 0 aromatic rings. The van der Waals surface area contributed by atoms with Gasteiger partial charge in [0.1, 0.15) is 5.70 Å². The van der Waals surface area contributed by atoms with Crippen molar-refractivity contribution >= 4 is 0 Å². The van der Waals surface area contributed by atoms with Gasteiger partial charge in [0.05, 0.1) is 0 Å². The number of allylic oxidation sites excluding steroid dienone is 1. The van der Waals surface area contributed by atoms with E-state index in [4.69, 9.17) is 0 Å². The van der Waals surface area contributed by atoms with Crippen LogP contribution in [-0.4, -0.2) is 0 Å². The van der Waals surface area contributed by atoms with Crippen molar-refractivity contribution in [2.75, 3.05) is 0 Å². The molecule has 0 bridgehead atoms. The minimum atomic E-state index is 0.417. The molecule has 0 saturated carbocycles. The molecule has 0 aliphatic rings. The van der Waals surface area contributed by atoms with Crippen LogP contribution in [0.5, 0.6) is 0 Å². The van der Waals surface area contributed by atoms with Crippen LogP contribution < -0.4 is 0 Å². The zero-order chi connectivity index (χ0) is 7.98. The first-order chi connectivity index (χ1) is 4.66. The first-order valence-corrected chi connectivity index (χ1v) is 3.42. The third-order valence-electron chi connectivity index (χ3n) is 1.04. The molecule has 0 radical (unpaired) electrons. The van der Waals surface area contributed by atoms with E-state index in [0.29, 0.717) is 11.6 Å². The van der Waals surface area contributed by atoms with Gasteiger partial charge >= 0.3 is 0 Å². The van der Waals surface area contributed by atoms with Gasteiger partial charge in [0.2, 0.25) is 0 Å². The summed E-state index contributed by atoms with van der Waals surface area (Å²) in [6.07, 6.45) is 2.80. The number of hydrogen-bond donors (Lipinski definition) is 0. The van der Waals surface area contributed by atoms with Crippen LogP contribution in [0.15, 0.2) is 22.7 Å². The maximum Gasteiger partial charge on any atom is 0.123 e. The zero-order valence-corrected chi connectivity index (χ0v) is 6.72. The topological polar surface area (TPSA) is 29.4 Å². The summed E-state index contributed by atoms with van der Waals surface area (Å²) in [6.45, 7) is 5.87. The van der Waals surface area contributed by atoms with Gasteiger partial charge in [0, 0.05) is 0 Å². The van der Waals surface area contributed by atoms with Crippen molar-refractivity contribution in [3.8, 4) is 0 Å². The molecule has 0 heterocycles. The van der Waals surface area contributed by atoms with Gasteiger partial charge in [-0.1, -0.05) is 19.6 Å². The molecule has 0 unspecified atom stereocenters. The summed E-state index contributed by atoms with van der Waals surface area (Å²) >= 11 is 0. The SMILES string of the molecule is CC(=C=CCC(C)C)N=O. The first kappa shape index (κ1) is 9.12. The molecule has 0 saturated heterocycles. The molecule has 56 valence electrons. The van der Waals surface area contributed by atoms with E-state index in [0.717, 1.165) is 6.42 Å². The van der Waals surface area contributed by atoms with E-state index in [1.165, 1.54) is 0 Å². The lowest BCUT2D eigenvalue weighted by molar-refractivity contribution is 0.664. The minimum absolute atomic E-state index is 0.417. The second-order valence-electron chi connectivity index (χ2n) is 2.65. The average molecular weight is 139 g/mol. The van der Waals surface area contributed by atoms with Crippen molar-refractivity contribution in [3.63, 3.8) is 0 Å². The van der Waals surface area contributed by atoms with Crippen LogP contribution in [0.2, 0.25) is 0 Å². The van der Waals surface area contributed by atoms with Crippen molar-refractivity contribution in [1.82, 2.24) is 0 Å². The average Bonchev–Trinajstić information content (AvgIpc) is 1.87. The Balaban J connectivity index is 3.85. The highest BCUT2D eigenvalue weighted by Gasteiger charge is 1.86. The summed E-state index contributed by atoms with van der Waals surface area (Å²) in [6, 6.07) is 0. The predicted molar refractivity (Wildman–Crippen MR) is 42.5 cm³/mol. The second kappa shape index (κ2) is 4.95. The molecule has 0 aromatic heterocycles. The molecule has 0 fully saturated rings. The normalized spacial score (nSPS) is 8.80. The number of rotatable bonds is 3. The maximum absolute atomic E-state index is 9.81. The Hall–Kier alpha value is -0.880. The van der Waals surface area contributed by atoms with E-state index in [-0.39, 0.29) is 0 Å². The fraction of sp³-hybridized carbons (Fsp3) is 0.625. The first-order valence-electron chi connectivity index (χ1n) is 3.42. The monoisotopic (exact) mass is 139 g/mol. The Morgan fingerprint density at radius 1 is 1.70 bits per heavy atom. The number of nitrogens with zero attached hydrogens (tertiary/aromatic N) is 1. The molecule has 2 nitrogen and oxygen atoms in total. The summed E-state index contributed by atoms with van der Waals surface area (Å²) in [4.78, 5) is 9.81. The van der Waals surface area contributed by atoms with Crippen molar-refractivity contribution in [1.29, 1.82) is 0 Å². The van der Waals surface area contributed by atoms with Crippen LogP contribution in [0.3, 0.4) is 0 Å². The Kier molecular flexibility index (Phi) is 4.51. The summed E-state index contributed by atoms with van der Waals surface area (Å²) in [7, 11) is 0. The van der Waals surface area contributed by atoms with Crippen LogP contribution in [-0.2, 0) is 0 Å². The molecule has 2 heteroatoms. The fourth-order valence-corrected chi connectivity index (χ4v) is 0.469. The highest BCUT2D eigenvalue weighted by atomic mass is 16.3. The molecule has 0 atom stereocenters. The summed E-state index contributed by atoms with van der Waals surface area (Å²) in [5.74, 6) is 0.618. The molecule has 0 aliphatic heterocycles. The third kappa shape index (κ3) is 5.26. The second-order valence-corrected chi connectivity index (χ2v) is 2.65. The summed E-state index contributed by atoms with van der Waals surface area (Å²) < 4.78 is 0. The van der Waals surface area contributed by atoms with E-state index in [1.54, 1.807) is 6.92 Å². The number of nitroso groups, excluding NO2 is 1. The maximum atomic E-state index is 9.81. The van der Waals surface area contributed by atoms with Crippen LogP contribution in [0.1, 0.15) is 27.2 Å². The van der Waals surface area contributed by atoms with E-state index in [2.05, 4.69) is 24.8 Å². The van der Waals surface area contributed by atoms with Crippen LogP contribution in [0.4, 0.5) is 0 Å². The largest absolute Gasteiger partial charge is 0.144 e. The molecular weight excluding hydrogens is 126 g/mol. The van der Waals surface area contributed by atoms with Crippen LogP contribution in [0, 0.1) is 10.8 Å². The smallest absolute Gasteiger partial charge is 0.123 e. The number of hydrogen-bond acceptors (Lipinski definition) is 2. The third-order valence-corrected chi connectivity index (χ3v) is 1.04. The molecule has 0 aromatic carbocycles. The van der Waals surface area contributed by atoms with E-state index in [1.807, 2.05) is 6.08 Å². The van der Waals surface area contributed by atoms with Gasteiger partial charge in [-0.3, -0.25) is 0 Å². The lowest BCUT2D eigenvalue weighted by Gasteiger charge is -1.93. The molecule has 0 amide bonds. The van der Waals surface area contributed by atoms with Gasteiger partial charge < -0.3 is 0 Å². The Labute approximate surface area is 61.6 Å². The zero-order valence-electron chi connectivity index (χ0n) is 6.72. The van der Waals surface area contributed by atoms with Crippen molar-refractivity contribution in [2.24, 2.45) is 11.1 Å². The molecular formula is C8H13NO. The Bertz CT molecular complexity index is 164. The molecule has 0 aliphatic carbocycles. The molecule has 0 N–H and O–H groups in total. The van der Waals surface area contributed by atoms with Crippen molar-refractivity contribution in [3.05, 3.63) is 22.4 Å². The van der Waals surface area contributed by atoms with Gasteiger partial charge in [-0.05, 0) is 30.5 Å². The van der Waals surface area contributed by atoms with E-state index < -0.39 is 0 Å². The van der Waals surface area contributed by atoms with Gasteiger partial charge in [0.15, 0.2) is 0 Å². The van der Waals surface area contributed by atoms with Crippen LogP contribution >= 0.6 is 0 Å². The quantitative estimate of drug-likeness (QED) is 0.436. The molecule has 10 heavy (non-hydrogen) atoms. The minimum Gasteiger partial charge on any atom is -0.144 e. The molecule has 0 spiro atoms. The van der Waals surface area contributed by atoms with E-state index in [9.17, 15) is 4.91 Å². The van der Waals surface area contributed by atoms with Gasteiger partial charge in [0.25, 0.3) is 0 Å². The van der Waals surface area contributed by atoms with Gasteiger partial charge in [-0.2, -0.15) is 0 Å². The predicted octanol–water partition coefficient (Wildman–Crippen LogP) is 2.86. The highest BCUT2D eigenvalue weighted by molar-refractivity contribution is 4.95. The lowest BCUT2D eigenvalue weighted by atomic mass is 10.1. The standard InChI is InChI=1S/C8H13NO/c1-7(2)5-4-6-8(3)9-10/h4,7H,5H2,1-3H3. The van der Waals surface area contributed by atoms with E-state index >= 15 is 0 Å². The van der Waals surface area contributed by atoms with Gasteiger partial charge in [-0.15, -0.1) is 4.91 Å². The Morgan fingerprint density at radius 3 is 2.70 bits per heavy atom.